The van der Waals surface area contributed by atoms with Gasteiger partial charge in [-0.3, -0.25) is 4.68 Å². The standard InChI is InChI=1S/C20H24N4O2S/c1-14(2)24-20-9-8-17(10-16(20)11-22-24)27(25,26)23-12-18(19(21)13-23)15-6-4-3-5-7-15/h3-11,14,18-19H,12-13,21H2,1-2H3/t18-,19+/m0/s1. The molecule has 3 aromatic rings. The van der Waals surface area contributed by atoms with Crippen LogP contribution in [0.1, 0.15) is 31.4 Å². The third-order valence-corrected chi connectivity index (χ3v) is 7.08. The van der Waals surface area contributed by atoms with Crippen LogP contribution < -0.4 is 5.73 Å². The van der Waals surface area contributed by atoms with Crippen molar-refractivity contribution in [2.24, 2.45) is 5.73 Å². The van der Waals surface area contributed by atoms with Crippen LogP contribution in [0.5, 0.6) is 0 Å². The van der Waals surface area contributed by atoms with Gasteiger partial charge in [0.2, 0.25) is 10.0 Å². The Morgan fingerprint density at radius 2 is 1.85 bits per heavy atom. The van der Waals surface area contributed by atoms with E-state index in [-0.39, 0.29) is 18.0 Å². The summed E-state index contributed by atoms with van der Waals surface area (Å²) in [5, 5.41) is 5.19. The Morgan fingerprint density at radius 1 is 1.11 bits per heavy atom. The molecule has 0 radical (unpaired) electrons. The average molecular weight is 385 g/mol. The molecule has 2 heterocycles. The van der Waals surface area contributed by atoms with Crippen molar-refractivity contribution in [3.63, 3.8) is 0 Å². The fourth-order valence-electron chi connectivity index (χ4n) is 3.79. The second kappa shape index (κ2) is 6.74. The minimum absolute atomic E-state index is 0.00778. The molecule has 0 saturated carbocycles. The minimum Gasteiger partial charge on any atom is -0.326 e. The van der Waals surface area contributed by atoms with Crippen LogP contribution in [-0.4, -0.2) is 41.6 Å². The van der Waals surface area contributed by atoms with E-state index in [0.717, 1.165) is 16.5 Å². The maximum atomic E-state index is 13.2. The van der Waals surface area contributed by atoms with Gasteiger partial charge in [0.1, 0.15) is 0 Å². The van der Waals surface area contributed by atoms with Crippen molar-refractivity contribution in [1.29, 1.82) is 0 Å². The third-order valence-electron chi connectivity index (χ3n) is 5.25. The second-order valence-electron chi connectivity index (χ2n) is 7.41. The number of sulfonamides is 1. The quantitative estimate of drug-likeness (QED) is 0.750. The van der Waals surface area contributed by atoms with Gasteiger partial charge in [-0.1, -0.05) is 30.3 Å². The Balaban J connectivity index is 1.65. The molecule has 142 valence electrons. The topological polar surface area (TPSA) is 81.2 Å². The molecule has 0 spiro atoms. The number of nitrogens with two attached hydrogens (primary N) is 1. The van der Waals surface area contributed by atoms with Crippen molar-refractivity contribution in [1.82, 2.24) is 14.1 Å². The first-order valence-corrected chi connectivity index (χ1v) is 10.6. The van der Waals surface area contributed by atoms with Crippen LogP contribution in [0.15, 0.2) is 59.6 Å². The van der Waals surface area contributed by atoms with Crippen LogP contribution in [0.25, 0.3) is 10.9 Å². The Morgan fingerprint density at radius 3 is 2.56 bits per heavy atom. The molecule has 1 aromatic heterocycles. The molecule has 6 nitrogen and oxygen atoms in total. The second-order valence-corrected chi connectivity index (χ2v) is 9.34. The summed E-state index contributed by atoms with van der Waals surface area (Å²) in [5.74, 6) is 0.00778. The molecule has 1 saturated heterocycles. The molecular formula is C20H24N4O2S. The fourth-order valence-corrected chi connectivity index (χ4v) is 5.33. The smallest absolute Gasteiger partial charge is 0.243 e. The van der Waals surface area contributed by atoms with Gasteiger partial charge < -0.3 is 5.73 Å². The summed E-state index contributed by atoms with van der Waals surface area (Å²) < 4.78 is 29.8. The summed E-state index contributed by atoms with van der Waals surface area (Å²) in [7, 11) is -3.60. The summed E-state index contributed by atoms with van der Waals surface area (Å²) in [6.07, 6.45) is 1.72. The first-order valence-electron chi connectivity index (χ1n) is 9.16. The molecular weight excluding hydrogens is 360 g/mol. The van der Waals surface area contributed by atoms with Gasteiger partial charge in [-0.15, -0.1) is 0 Å². The molecule has 7 heteroatoms. The van der Waals surface area contributed by atoms with Gasteiger partial charge in [0.05, 0.1) is 16.6 Å². The maximum Gasteiger partial charge on any atom is 0.243 e. The summed E-state index contributed by atoms with van der Waals surface area (Å²) in [4.78, 5) is 0.291. The highest BCUT2D eigenvalue weighted by atomic mass is 32.2. The van der Waals surface area contributed by atoms with Crippen LogP contribution >= 0.6 is 0 Å². The lowest BCUT2D eigenvalue weighted by molar-refractivity contribution is 0.470. The molecule has 2 atom stereocenters. The van der Waals surface area contributed by atoms with Crippen LogP contribution in [0.2, 0.25) is 0 Å². The van der Waals surface area contributed by atoms with E-state index in [1.165, 1.54) is 4.31 Å². The SMILES string of the molecule is CC(C)n1ncc2cc(S(=O)(=O)N3C[C@@H](N)[C@H](c4ccccc4)C3)ccc21. The number of benzene rings is 2. The van der Waals surface area contributed by atoms with Crippen molar-refractivity contribution in [3.8, 4) is 0 Å². The molecule has 1 aliphatic heterocycles. The van der Waals surface area contributed by atoms with Crippen molar-refractivity contribution in [3.05, 3.63) is 60.3 Å². The van der Waals surface area contributed by atoms with E-state index in [2.05, 4.69) is 5.10 Å². The Hall–Kier alpha value is -2.22. The van der Waals surface area contributed by atoms with E-state index in [4.69, 9.17) is 5.73 Å². The Labute approximate surface area is 159 Å². The van der Waals surface area contributed by atoms with Gasteiger partial charge >= 0.3 is 0 Å². The zero-order chi connectivity index (χ0) is 19.2. The van der Waals surface area contributed by atoms with Crippen LogP contribution in [-0.2, 0) is 10.0 Å². The van der Waals surface area contributed by atoms with Crippen molar-refractivity contribution < 1.29 is 8.42 Å². The molecule has 0 aliphatic carbocycles. The zero-order valence-electron chi connectivity index (χ0n) is 15.5. The summed E-state index contributed by atoms with van der Waals surface area (Å²) >= 11 is 0. The molecule has 1 fully saturated rings. The highest BCUT2D eigenvalue weighted by molar-refractivity contribution is 7.89. The molecule has 0 unspecified atom stereocenters. The van der Waals surface area contributed by atoms with E-state index < -0.39 is 10.0 Å². The van der Waals surface area contributed by atoms with Gasteiger partial charge in [0.25, 0.3) is 0 Å². The monoisotopic (exact) mass is 384 g/mol. The van der Waals surface area contributed by atoms with Gasteiger partial charge in [-0.25, -0.2) is 8.42 Å². The average Bonchev–Trinajstić information content (AvgIpc) is 3.25. The highest BCUT2D eigenvalue weighted by Crippen LogP contribution is 2.31. The number of nitrogens with zero attached hydrogens (tertiary/aromatic N) is 3. The first kappa shape index (κ1) is 18.2. The van der Waals surface area contributed by atoms with Gasteiger partial charge in [-0.05, 0) is 37.6 Å². The van der Waals surface area contributed by atoms with Crippen molar-refractivity contribution in [2.45, 2.75) is 36.7 Å². The predicted octanol–water partition coefficient (Wildman–Crippen LogP) is 2.73. The molecule has 1 aliphatic rings. The van der Waals surface area contributed by atoms with Gasteiger partial charge in [0.15, 0.2) is 0 Å². The Kier molecular flexibility index (Phi) is 4.53. The predicted molar refractivity (Wildman–Crippen MR) is 106 cm³/mol. The lowest BCUT2D eigenvalue weighted by atomic mass is 9.95. The van der Waals surface area contributed by atoms with Gasteiger partial charge in [-0.2, -0.15) is 9.40 Å². The largest absolute Gasteiger partial charge is 0.326 e. The van der Waals surface area contributed by atoms with E-state index >= 15 is 0 Å². The van der Waals surface area contributed by atoms with E-state index in [1.54, 1.807) is 18.3 Å². The van der Waals surface area contributed by atoms with Crippen LogP contribution in [0, 0.1) is 0 Å². The summed E-state index contributed by atoms with van der Waals surface area (Å²) in [6, 6.07) is 15.1. The van der Waals surface area contributed by atoms with Crippen molar-refractivity contribution in [2.75, 3.05) is 13.1 Å². The molecule has 0 bridgehead atoms. The molecule has 4 rings (SSSR count). The summed E-state index contributed by atoms with van der Waals surface area (Å²) in [6.45, 7) is 4.82. The minimum atomic E-state index is -3.60. The van der Waals surface area contributed by atoms with Crippen molar-refractivity contribution >= 4 is 20.9 Å². The molecule has 0 amide bonds. The number of rotatable bonds is 4. The lowest BCUT2D eigenvalue weighted by Crippen LogP contribution is -2.32. The lowest BCUT2D eigenvalue weighted by Gasteiger charge is -2.17. The number of aromatic nitrogens is 2. The fraction of sp³-hybridized carbons (Fsp3) is 0.350. The van der Waals surface area contributed by atoms with E-state index in [9.17, 15) is 8.42 Å². The third kappa shape index (κ3) is 3.16. The summed E-state index contributed by atoms with van der Waals surface area (Å²) in [5.41, 5.74) is 8.30. The molecule has 2 aromatic carbocycles. The van der Waals surface area contributed by atoms with Crippen LogP contribution in [0.4, 0.5) is 0 Å². The van der Waals surface area contributed by atoms with Gasteiger partial charge in [0, 0.05) is 36.5 Å². The highest BCUT2D eigenvalue weighted by Gasteiger charge is 2.38. The Bertz CT molecular complexity index is 1060. The van der Waals surface area contributed by atoms with E-state index in [1.807, 2.05) is 54.9 Å². The number of hydrogen-bond donors (Lipinski definition) is 1. The van der Waals surface area contributed by atoms with Crippen LogP contribution in [0.3, 0.4) is 0 Å². The number of fused-ring (bicyclic) bond motifs is 1. The first-order chi connectivity index (χ1) is 12.9. The molecule has 27 heavy (non-hydrogen) atoms. The number of hydrogen-bond acceptors (Lipinski definition) is 4. The maximum absolute atomic E-state index is 13.2. The van der Waals surface area contributed by atoms with E-state index in [0.29, 0.717) is 18.0 Å². The normalized spacial score (nSPS) is 21.3. The zero-order valence-corrected chi connectivity index (χ0v) is 16.3. The molecule has 2 N–H and O–H groups in total.